The molecule has 1 aromatic rings. The summed E-state index contributed by atoms with van der Waals surface area (Å²) in [6.45, 7) is 4.53. The average Bonchev–Trinajstić information content (AvgIpc) is 2.78. The lowest BCUT2D eigenvalue weighted by molar-refractivity contribution is -0.206. The summed E-state index contributed by atoms with van der Waals surface area (Å²) < 4.78 is 13.3. The summed E-state index contributed by atoms with van der Waals surface area (Å²) in [5, 5.41) is 10.2. The minimum absolute atomic E-state index is 0.0300. The molecule has 2 fully saturated rings. The van der Waals surface area contributed by atoms with Crippen LogP contribution in [0.5, 0.6) is 0 Å². The number of carbonyl (C=O) groups excluding carboxylic acids is 1. The van der Waals surface area contributed by atoms with E-state index in [4.69, 9.17) is 9.47 Å². The van der Waals surface area contributed by atoms with Crippen LogP contribution in [0.25, 0.3) is 0 Å². The van der Waals surface area contributed by atoms with Crippen LogP contribution in [0.2, 0.25) is 0 Å². The van der Waals surface area contributed by atoms with E-state index in [1.54, 1.807) is 4.57 Å². The minimum atomic E-state index is -0.534. The van der Waals surface area contributed by atoms with Gasteiger partial charge in [-0.15, -0.1) is 0 Å². The van der Waals surface area contributed by atoms with E-state index in [2.05, 4.69) is 0 Å². The SMILES string of the molecule is Cc1ccc(C)n1C(=O)C[C@H]1C[C@H](O)[C@@H]2OCCC[C@H]2O1. The molecule has 2 aliphatic heterocycles. The first kappa shape index (κ1) is 14.8. The highest BCUT2D eigenvalue weighted by Gasteiger charge is 2.40. The number of rotatable bonds is 2. The van der Waals surface area contributed by atoms with E-state index in [1.807, 2.05) is 26.0 Å². The van der Waals surface area contributed by atoms with Gasteiger partial charge in [0.15, 0.2) is 0 Å². The van der Waals surface area contributed by atoms with Crippen LogP contribution in [0.4, 0.5) is 0 Å². The smallest absolute Gasteiger partial charge is 0.233 e. The van der Waals surface area contributed by atoms with Crippen molar-refractivity contribution in [1.82, 2.24) is 4.57 Å². The number of nitrogens with zero attached hydrogens (tertiary/aromatic N) is 1. The molecule has 2 aliphatic rings. The first-order valence-corrected chi connectivity index (χ1v) is 7.69. The van der Waals surface area contributed by atoms with Crippen LogP contribution < -0.4 is 0 Å². The van der Waals surface area contributed by atoms with Gasteiger partial charge < -0.3 is 14.6 Å². The normalized spacial score (nSPS) is 32.7. The largest absolute Gasteiger partial charge is 0.390 e. The highest BCUT2D eigenvalue weighted by Crippen LogP contribution is 2.30. The topological polar surface area (TPSA) is 60.7 Å². The van der Waals surface area contributed by atoms with Gasteiger partial charge in [0, 0.05) is 24.4 Å². The zero-order chi connectivity index (χ0) is 15.0. The maximum atomic E-state index is 12.5. The standard InChI is InChI=1S/C16H23NO4/c1-10-5-6-11(2)17(10)15(19)9-12-8-13(18)16-14(21-12)4-3-7-20-16/h5-6,12-14,16,18H,3-4,7-9H2,1-2H3/t12-,13+,14-,16+/m1/s1. The lowest BCUT2D eigenvalue weighted by Crippen LogP contribution is -2.52. The number of aliphatic hydroxyl groups is 1. The molecule has 0 saturated carbocycles. The number of aromatic nitrogens is 1. The van der Waals surface area contributed by atoms with Gasteiger partial charge in [-0.25, -0.2) is 0 Å². The molecule has 3 rings (SSSR count). The summed E-state index contributed by atoms with van der Waals surface area (Å²) in [6, 6.07) is 3.88. The molecule has 5 heteroatoms. The van der Waals surface area contributed by atoms with Crippen LogP contribution in [0.1, 0.15) is 41.9 Å². The Labute approximate surface area is 124 Å². The van der Waals surface area contributed by atoms with Crippen molar-refractivity contribution in [3.05, 3.63) is 23.5 Å². The predicted molar refractivity (Wildman–Crippen MR) is 77.4 cm³/mol. The van der Waals surface area contributed by atoms with E-state index in [-0.39, 0.29) is 24.2 Å². The number of ether oxygens (including phenoxy) is 2. The zero-order valence-corrected chi connectivity index (χ0v) is 12.6. The Bertz CT molecular complexity index is 505. The third-order valence-electron chi connectivity index (χ3n) is 4.48. The van der Waals surface area contributed by atoms with E-state index in [0.717, 1.165) is 24.2 Å². The Hall–Kier alpha value is -1.17. The van der Waals surface area contributed by atoms with Crippen molar-refractivity contribution in [2.75, 3.05) is 6.61 Å². The van der Waals surface area contributed by atoms with Crippen molar-refractivity contribution in [2.24, 2.45) is 0 Å². The van der Waals surface area contributed by atoms with Gasteiger partial charge in [0.2, 0.25) is 5.91 Å². The van der Waals surface area contributed by atoms with Gasteiger partial charge in [0.25, 0.3) is 0 Å². The lowest BCUT2D eigenvalue weighted by atomic mass is 9.92. The number of carbonyl (C=O) groups is 1. The lowest BCUT2D eigenvalue weighted by Gasteiger charge is -2.42. The number of hydrogen-bond donors (Lipinski definition) is 1. The molecule has 116 valence electrons. The quantitative estimate of drug-likeness (QED) is 0.904. The van der Waals surface area contributed by atoms with Crippen LogP contribution in [0.15, 0.2) is 12.1 Å². The van der Waals surface area contributed by atoms with Gasteiger partial charge in [-0.2, -0.15) is 0 Å². The molecule has 4 atom stereocenters. The average molecular weight is 293 g/mol. The van der Waals surface area contributed by atoms with Crippen molar-refractivity contribution < 1.29 is 19.4 Å². The molecule has 0 spiro atoms. The zero-order valence-electron chi connectivity index (χ0n) is 12.6. The van der Waals surface area contributed by atoms with E-state index in [0.29, 0.717) is 19.4 Å². The molecule has 1 aromatic heterocycles. The first-order valence-electron chi connectivity index (χ1n) is 7.69. The van der Waals surface area contributed by atoms with Crippen LogP contribution in [0, 0.1) is 13.8 Å². The number of aryl methyl sites for hydroxylation is 2. The molecule has 2 saturated heterocycles. The van der Waals surface area contributed by atoms with E-state index < -0.39 is 6.10 Å². The number of fused-ring (bicyclic) bond motifs is 1. The fraction of sp³-hybridized carbons (Fsp3) is 0.688. The second kappa shape index (κ2) is 5.91. The summed E-state index contributed by atoms with van der Waals surface area (Å²) in [7, 11) is 0. The van der Waals surface area contributed by atoms with Crippen molar-refractivity contribution in [2.45, 2.75) is 63.9 Å². The molecular formula is C16H23NO4. The number of aliphatic hydroxyl groups excluding tert-OH is 1. The molecule has 3 heterocycles. The van der Waals surface area contributed by atoms with Crippen molar-refractivity contribution in [3.8, 4) is 0 Å². The first-order chi connectivity index (χ1) is 10.1. The van der Waals surface area contributed by atoms with Gasteiger partial charge in [-0.1, -0.05) is 0 Å². The molecule has 0 aromatic carbocycles. The summed E-state index contributed by atoms with van der Waals surface area (Å²) in [6.07, 6.45) is 1.55. The minimum Gasteiger partial charge on any atom is -0.390 e. The van der Waals surface area contributed by atoms with Crippen LogP contribution >= 0.6 is 0 Å². The summed E-state index contributed by atoms with van der Waals surface area (Å²) in [5.74, 6) is 0.0300. The molecule has 21 heavy (non-hydrogen) atoms. The van der Waals surface area contributed by atoms with Crippen molar-refractivity contribution in [3.63, 3.8) is 0 Å². The second-order valence-electron chi connectivity index (χ2n) is 6.13. The summed E-state index contributed by atoms with van der Waals surface area (Å²) in [5.41, 5.74) is 1.88. The molecule has 0 bridgehead atoms. The van der Waals surface area contributed by atoms with E-state index in [9.17, 15) is 9.90 Å². The number of hydrogen-bond acceptors (Lipinski definition) is 4. The molecule has 0 amide bonds. The second-order valence-corrected chi connectivity index (χ2v) is 6.13. The maximum Gasteiger partial charge on any atom is 0.233 e. The maximum absolute atomic E-state index is 12.5. The van der Waals surface area contributed by atoms with Crippen LogP contribution in [0.3, 0.4) is 0 Å². The molecule has 0 radical (unpaired) electrons. The fourth-order valence-electron chi connectivity index (χ4n) is 3.47. The monoisotopic (exact) mass is 293 g/mol. The Morgan fingerprint density at radius 3 is 2.81 bits per heavy atom. The van der Waals surface area contributed by atoms with Crippen molar-refractivity contribution in [1.29, 1.82) is 0 Å². The van der Waals surface area contributed by atoms with Gasteiger partial charge >= 0.3 is 0 Å². The Morgan fingerprint density at radius 1 is 1.38 bits per heavy atom. The Kier molecular flexibility index (Phi) is 4.15. The summed E-state index contributed by atoms with van der Waals surface area (Å²) in [4.78, 5) is 12.5. The fourth-order valence-corrected chi connectivity index (χ4v) is 3.47. The van der Waals surface area contributed by atoms with Crippen LogP contribution in [-0.4, -0.2) is 46.6 Å². The van der Waals surface area contributed by atoms with Gasteiger partial charge in [0.05, 0.1) is 24.7 Å². The molecule has 0 aliphatic carbocycles. The highest BCUT2D eigenvalue weighted by molar-refractivity contribution is 5.81. The summed E-state index contributed by atoms with van der Waals surface area (Å²) >= 11 is 0. The van der Waals surface area contributed by atoms with Gasteiger partial charge in [0.1, 0.15) is 6.10 Å². The van der Waals surface area contributed by atoms with Gasteiger partial charge in [-0.05, 0) is 38.8 Å². The third-order valence-corrected chi connectivity index (χ3v) is 4.48. The Morgan fingerprint density at radius 2 is 2.10 bits per heavy atom. The van der Waals surface area contributed by atoms with Gasteiger partial charge in [-0.3, -0.25) is 9.36 Å². The predicted octanol–water partition coefficient (Wildman–Crippen LogP) is 1.83. The van der Waals surface area contributed by atoms with E-state index in [1.165, 1.54) is 0 Å². The molecular weight excluding hydrogens is 270 g/mol. The molecule has 0 unspecified atom stereocenters. The van der Waals surface area contributed by atoms with Crippen molar-refractivity contribution >= 4 is 5.91 Å². The highest BCUT2D eigenvalue weighted by atomic mass is 16.6. The van der Waals surface area contributed by atoms with E-state index >= 15 is 0 Å². The third kappa shape index (κ3) is 2.91. The Balaban J connectivity index is 1.67. The van der Waals surface area contributed by atoms with Crippen LogP contribution in [-0.2, 0) is 9.47 Å². The molecule has 1 N–H and O–H groups in total. The molecule has 5 nitrogen and oxygen atoms in total.